The summed E-state index contributed by atoms with van der Waals surface area (Å²) in [6.45, 7) is 1.80. The molecule has 0 spiro atoms. The summed E-state index contributed by atoms with van der Waals surface area (Å²) in [4.78, 5) is 20.7. The number of hydrogen-bond acceptors (Lipinski definition) is 4. The topological polar surface area (TPSA) is 64.1 Å². The minimum absolute atomic E-state index is 0.186. The molecule has 2 aromatic heterocycles. The van der Waals surface area contributed by atoms with Crippen LogP contribution in [0, 0.1) is 5.82 Å². The van der Waals surface area contributed by atoms with Crippen LogP contribution in [0.4, 0.5) is 10.2 Å². The summed E-state index contributed by atoms with van der Waals surface area (Å²) >= 11 is 0. The van der Waals surface area contributed by atoms with Crippen molar-refractivity contribution in [2.45, 2.75) is 12.8 Å². The van der Waals surface area contributed by atoms with Crippen molar-refractivity contribution in [3.8, 4) is 16.9 Å². The summed E-state index contributed by atoms with van der Waals surface area (Å²) in [5, 5.41) is 2.81. The van der Waals surface area contributed by atoms with Crippen molar-refractivity contribution in [1.82, 2.24) is 9.97 Å². The van der Waals surface area contributed by atoms with Gasteiger partial charge in [0.05, 0.1) is 13.0 Å². The van der Waals surface area contributed by atoms with E-state index in [4.69, 9.17) is 4.74 Å². The Morgan fingerprint density at radius 2 is 2.04 bits per heavy atom. The number of hydrogen-bond donors (Lipinski definition) is 1. The van der Waals surface area contributed by atoms with Crippen molar-refractivity contribution < 1.29 is 13.9 Å². The van der Waals surface area contributed by atoms with Gasteiger partial charge in [0.2, 0.25) is 5.91 Å². The summed E-state index contributed by atoms with van der Waals surface area (Å²) in [6.07, 6.45) is 4.91. The average Bonchev–Trinajstić information content (AvgIpc) is 2.68. The fourth-order valence-corrected chi connectivity index (χ4v) is 2.59. The Labute approximate surface area is 150 Å². The van der Waals surface area contributed by atoms with Gasteiger partial charge in [0, 0.05) is 30.2 Å². The summed E-state index contributed by atoms with van der Waals surface area (Å²) in [5.74, 6) is -0.103. The normalized spacial score (nSPS) is 11.7. The predicted molar refractivity (Wildman–Crippen MR) is 97.5 cm³/mol. The van der Waals surface area contributed by atoms with Gasteiger partial charge < -0.3 is 10.1 Å². The molecule has 0 saturated heterocycles. The molecule has 0 radical (unpaired) electrons. The van der Waals surface area contributed by atoms with Crippen LogP contribution >= 0.6 is 0 Å². The molecule has 1 aromatic carbocycles. The van der Waals surface area contributed by atoms with Gasteiger partial charge in [-0.2, -0.15) is 0 Å². The maximum absolute atomic E-state index is 13.4. The van der Waals surface area contributed by atoms with E-state index in [-0.39, 0.29) is 17.6 Å². The Balaban J connectivity index is 1.83. The van der Waals surface area contributed by atoms with Crippen molar-refractivity contribution in [2.24, 2.45) is 0 Å². The monoisotopic (exact) mass is 351 g/mol. The van der Waals surface area contributed by atoms with E-state index in [0.29, 0.717) is 17.1 Å². The average molecular weight is 351 g/mol. The van der Waals surface area contributed by atoms with E-state index in [1.807, 2.05) is 6.07 Å². The van der Waals surface area contributed by atoms with Crippen molar-refractivity contribution in [1.29, 1.82) is 0 Å². The summed E-state index contributed by atoms with van der Waals surface area (Å²) < 4.78 is 18.6. The second-order valence-corrected chi connectivity index (χ2v) is 5.77. The highest BCUT2D eigenvalue weighted by Gasteiger charge is 2.16. The lowest BCUT2D eigenvalue weighted by Gasteiger charge is -2.13. The lowest BCUT2D eigenvalue weighted by Crippen LogP contribution is -2.19. The van der Waals surface area contributed by atoms with Crippen LogP contribution in [0.25, 0.3) is 11.1 Å². The molecule has 1 atom stereocenters. The molecule has 0 saturated carbocycles. The molecule has 1 amide bonds. The number of ether oxygens (including phenoxy) is 1. The second-order valence-electron chi connectivity index (χ2n) is 5.77. The molecular weight excluding hydrogens is 333 g/mol. The van der Waals surface area contributed by atoms with Crippen LogP contribution in [-0.2, 0) is 4.79 Å². The molecule has 3 rings (SSSR count). The third-order valence-electron chi connectivity index (χ3n) is 4.06. The van der Waals surface area contributed by atoms with Crippen LogP contribution in [0.15, 0.2) is 61.1 Å². The number of methoxy groups -OCH3 is 1. The number of anilines is 1. The Morgan fingerprint density at radius 1 is 1.19 bits per heavy atom. The Kier molecular flexibility index (Phi) is 5.22. The van der Waals surface area contributed by atoms with Crippen molar-refractivity contribution in [3.63, 3.8) is 0 Å². The number of aromatic nitrogens is 2. The van der Waals surface area contributed by atoms with Crippen LogP contribution in [-0.4, -0.2) is 23.0 Å². The number of nitrogens with zero attached hydrogens (tertiary/aromatic N) is 2. The lowest BCUT2D eigenvalue weighted by atomic mass is 10.0. The van der Waals surface area contributed by atoms with Crippen molar-refractivity contribution >= 4 is 11.7 Å². The van der Waals surface area contributed by atoms with Gasteiger partial charge in [0.15, 0.2) is 0 Å². The van der Waals surface area contributed by atoms with Gasteiger partial charge in [0.25, 0.3) is 0 Å². The maximum Gasteiger partial charge on any atom is 0.232 e. The largest absolute Gasteiger partial charge is 0.496 e. The third-order valence-corrected chi connectivity index (χ3v) is 4.06. The van der Waals surface area contributed by atoms with Gasteiger partial charge in [-0.25, -0.2) is 9.37 Å². The molecule has 0 fully saturated rings. The Morgan fingerprint density at radius 3 is 2.77 bits per heavy atom. The zero-order valence-corrected chi connectivity index (χ0v) is 14.4. The zero-order chi connectivity index (χ0) is 18.5. The molecule has 2 heterocycles. The first-order valence-corrected chi connectivity index (χ1v) is 8.09. The van der Waals surface area contributed by atoms with Crippen molar-refractivity contribution in [2.75, 3.05) is 12.4 Å². The van der Waals surface area contributed by atoms with Gasteiger partial charge in [0.1, 0.15) is 17.4 Å². The highest BCUT2D eigenvalue weighted by Crippen LogP contribution is 2.31. The molecule has 0 aliphatic rings. The second kappa shape index (κ2) is 7.74. The fraction of sp³-hybridized carbons (Fsp3) is 0.150. The summed E-state index contributed by atoms with van der Waals surface area (Å²) in [7, 11) is 1.48. The van der Waals surface area contributed by atoms with E-state index in [9.17, 15) is 9.18 Å². The summed E-state index contributed by atoms with van der Waals surface area (Å²) in [5.41, 5.74) is 2.30. The van der Waals surface area contributed by atoms with E-state index in [1.165, 1.54) is 19.2 Å². The first kappa shape index (κ1) is 17.5. The van der Waals surface area contributed by atoms with Gasteiger partial charge in [-0.15, -0.1) is 0 Å². The van der Waals surface area contributed by atoms with Gasteiger partial charge in [-0.1, -0.05) is 6.07 Å². The van der Waals surface area contributed by atoms with Crippen LogP contribution in [0.5, 0.6) is 5.75 Å². The van der Waals surface area contributed by atoms with E-state index in [1.54, 1.807) is 49.8 Å². The molecular formula is C20H18FN3O2. The molecule has 26 heavy (non-hydrogen) atoms. The molecule has 3 aromatic rings. The SMILES string of the molecule is COc1cc(F)ccc1-c1ccnc(NC(=O)[C@@H](C)c2cccnc2)c1. The molecule has 0 aliphatic heterocycles. The van der Waals surface area contributed by atoms with Gasteiger partial charge >= 0.3 is 0 Å². The van der Waals surface area contributed by atoms with Gasteiger partial charge in [-0.05, 0) is 48.4 Å². The number of halogens is 1. The van der Waals surface area contributed by atoms with Crippen molar-refractivity contribution in [3.05, 3.63) is 72.4 Å². The summed E-state index contributed by atoms with van der Waals surface area (Å²) in [6, 6.07) is 11.5. The minimum atomic E-state index is -0.376. The molecule has 5 nitrogen and oxygen atoms in total. The van der Waals surface area contributed by atoms with E-state index < -0.39 is 0 Å². The number of carbonyl (C=O) groups excluding carboxylic acids is 1. The molecule has 132 valence electrons. The molecule has 1 N–H and O–H groups in total. The molecule has 0 aliphatic carbocycles. The van der Waals surface area contributed by atoms with Gasteiger partial charge in [-0.3, -0.25) is 9.78 Å². The fourth-order valence-electron chi connectivity index (χ4n) is 2.59. The first-order valence-electron chi connectivity index (χ1n) is 8.09. The minimum Gasteiger partial charge on any atom is -0.496 e. The Hall–Kier alpha value is -3.28. The lowest BCUT2D eigenvalue weighted by molar-refractivity contribution is -0.117. The highest BCUT2D eigenvalue weighted by molar-refractivity contribution is 5.95. The number of carbonyl (C=O) groups is 1. The van der Waals surface area contributed by atoms with Crippen LogP contribution in [0.3, 0.4) is 0 Å². The number of nitrogens with one attached hydrogen (secondary N) is 1. The number of benzene rings is 1. The number of amides is 1. The maximum atomic E-state index is 13.4. The first-order chi connectivity index (χ1) is 12.6. The van der Waals surface area contributed by atoms with Crippen LogP contribution in [0.1, 0.15) is 18.4 Å². The van der Waals surface area contributed by atoms with Crippen LogP contribution < -0.4 is 10.1 Å². The van der Waals surface area contributed by atoms with E-state index >= 15 is 0 Å². The predicted octanol–water partition coefficient (Wildman–Crippen LogP) is 4.03. The standard InChI is InChI=1S/C20H18FN3O2/c1-13(15-4-3-8-22-12-15)20(25)24-19-10-14(7-9-23-19)17-6-5-16(21)11-18(17)26-2/h3-13H,1-2H3,(H,23,24,25)/t13-/m0/s1. The molecule has 6 heteroatoms. The van der Waals surface area contributed by atoms with E-state index in [0.717, 1.165) is 11.1 Å². The number of pyridine rings is 2. The third kappa shape index (κ3) is 3.85. The van der Waals surface area contributed by atoms with Crippen LogP contribution in [0.2, 0.25) is 0 Å². The molecule has 0 unspecified atom stereocenters. The Bertz CT molecular complexity index is 916. The quantitative estimate of drug-likeness (QED) is 0.754. The number of rotatable bonds is 5. The smallest absolute Gasteiger partial charge is 0.232 e. The highest BCUT2D eigenvalue weighted by atomic mass is 19.1. The van der Waals surface area contributed by atoms with E-state index in [2.05, 4.69) is 15.3 Å². The zero-order valence-electron chi connectivity index (χ0n) is 14.4. The molecule has 0 bridgehead atoms.